The fourth-order valence-electron chi connectivity index (χ4n) is 1.64. The van der Waals surface area contributed by atoms with Gasteiger partial charge in [-0.1, -0.05) is 29.3 Å². The number of carbonyl (C=O) groups is 1. The Morgan fingerprint density at radius 1 is 1.10 bits per heavy atom. The number of amides is 1. The van der Waals surface area contributed by atoms with Crippen LogP contribution >= 0.6 is 23.2 Å². The Morgan fingerprint density at radius 3 is 2.24 bits per heavy atom. The van der Waals surface area contributed by atoms with E-state index in [1.165, 1.54) is 6.07 Å². The molecule has 0 atom stereocenters. The number of benzene rings is 2. The maximum atomic E-state index is 13.1. The van der Waals surface area contributed by atoms with E-state index < -0.39 is 23.4 Å². The Labute approximate surface area is 128 Å². The summed E-state index contributed by atoms with van der Waals surface area (Å²) < 4.78 is 39.1. The van der Waals surface area contributed by atoms with E-state index in [-0.39, 0.29) is 21.3 Å². The van der Waals surface area contributed by atoms with E-state index in [0.29, 0.717) is 17.7 Å². The first kappa shape index (κ1) is 15.7. The second kappa shape index (κ2) is 5.95. The molecular formula is C14H8Cl2F3NO. The van der Waals surface area contributed by atoms with Crippen molar-refractivity contribution in [3.8, 4) is 0 Å². The molecule has 0 unspecified atom stereocenters. The van der Waals surface area contributed by atoms with Gasteiger partial charge in [-0.05, 0) is 30.7 Å². The molecule has 0 radical (unpaired) electrons. The Kier molecular flexibility index (Phi) is 4.44. The van der Waals surface area contributed by atoms with Crippen molar-refractivity contribution in [2.24, 2.45) is 0 Å². The number of halogens is 5. The molecule has 0 bridgehead atoms. The number of rotatable bonds is 2. The first-order chi connectivity index (χ1) is 9.81. The number of anilines is 1. The van der Waals surface area contributed by atoms with Crippen LogP contribution in [0, 0.1) is 24.4 Å². The molecule has 2 nitrogen and oxygen atoms in total. The van der Waals surface area contributed by atoms with Crippen LogP contribution in [0.2, 0.25) is 10.0 Å². The fraction of sp³-hybridized carbons (Fsp3) is 0.0714. The molecule has 0 heterocycles. The SMILES string of the molecule is Cc1ccc(Cl)c(NC(=O)c2cc(F)c(F)c(F)c2)c1Cl. The van der Waals surface area contributed by atoms with E-state index in [9.17, 15) is 18.0 Å². The van der Waals surface area contributed by atoms with E-state index >= 15 is 0 Å². The molecule has 0 aromatic heterocycles. The molecule has 0 spiro atoms. The van der Waals surface area contributed by atoms with E-state index in [2.05, 4.69) is 5.32 Å². The van der Waals surface area contributed by atoms with Gasteiger partial charge in [0.25, 0.3) is 5.91 Å². The fourth-order valence-corrected chi connectivity index (χ4v) is 2.11. The van der Waals surface area contributed by atoms with Gasteiger partial charge in [-0.2, -0.15) is 0 Å². The van der Waals surface area contributed by atoms with Gasteiger partial charge in [0.05, 0.1) is 15.7 Å². The van der Waals surface area contributed by atoms with Gasteiger partial charge in [0, 0.05) is 5.56 Å². The smallest absolute Gasteiger partial charge is 0.255 e. The Balaban J connectivity index is 2.37. The van der Waals surface area contributed by atoms with E-state index in [0.717, 1.165) is 0 Å². The molecule has 7 heteroatoms. The van der Waals surface area contributed by atoms with Gasteiger partial charge in [-0.3, -0.25) is 4.79 Å². The zero-order chi connectivity index (χ0) is 15.7. The van der Waals surface area contributed by atoms with Crippen molar-refractivity contribution in [1.29, 1.82) is 0 Å². The summed E-state index contributed by atoms with van der Waals surface area (Å²) in [5.74, 6) is -5.41. The molecule has 0 aliphatic carbocycles. The van der Waals surface area contributed by atoms with E-state index in [1.807, 2.05) is 0 Å². The number of hydrogen-bond acceptors (Lipinski definition) is 1. The molecular weight excluding hydrogens is 326 g/mol. The largest absolute Gasteiger partial charge is 0.319 e. The quantitative estimate of drug-likeness (QED) is 0.772. The molecule has 1 N–H and O–H groups in total. The molecule has 0 aliphatic heterocycles. The predicted octanol–water partition coefficient (Wildman–Crippen LogP) is 4.97. The van der Waals surface area contributed by atoms with E-state index in [4.69, 9.17) is 23.2 Å². The van der Waals surface area contributed by atoms with Crippen molar-refractivity contribution in [2.45, 2.75) is 6.92 Å². The summed E-state index contributed by atoms with van der Waals surface area (Å²) in [6.07, 6.45) is 0. The maximum Gasteiger partial charge on any atom is 0.255 e. The normalized spacial score (nSPS) is 10.6. The summed E-state index contributed by atoms with van der Waals surface area (Å²) in [6, 6.07) is 4.35. The lowest BCUT2D eigenvalue weighted by atomic mass is 10.1. The van der Waals surface area contributed by atoms with Gasteiger partial charge in [0.2, 0.25) is 0 Å². The minimum Gasteiger partial charge on any atom is -0.319 e. The van der Waals surface area contributed by atoms with Crippen molar-refractivity contribution in [2.75, 3.05) is 5.32 Å². The summed E-state index contributed by atoms with van der Waals surface area (Å²) in [5.41, 5.74) is 0.390. The molecule has 0 aliphatic rings. The lowest BCUT2D eigenvalue weighted by Gasteiger charge is -2.11. The Bertz CT molecular complexity index is 711. The monoisotopic (exact) mass is 333 g/mol. The second-order valence-electron chi connectivity index (χ2n) is 4.26. The van der Waals surface area contributed by atoms with Crippen molar-refractivity contribution < 1.29 is 18.0 Å². The lowest BCUT2D eigenvalue weighted by Crippen LogP contribution is -2.14. The number of nitrogens with one attached hydrogen (secondary N) is 1. The van der Waals surface area contributed by atoms with Crippen molar-refractivity contribution in [1.82, 2.24) is 0 Å². The van der Waals surface area contributed by atoms with Crippen LogP contribution in [-0.2, 0) is 0 Å². The molecule has 2 aromatic carbocycles. The van der Waals surface area contributed by atoms with Crippen molar-refractivity contribution >= 4 is 34.8 Å². The average Bonchev–Trinajstić information content (AvgIpc) is 2.44. The van der Waals surface area contributed by atoms with Gasteiger partial charge >= 0.3 is 0 Å². The number of carbonyl (C=O) groups excluding carboxylic acids is 1. The standard InChI is InChI=1S/C14H8Cl2F3NO/c1-6-2-3-8(15)13(11(6)16)20-14(21)7-4-9(17)12(19)10(18)5-7/h2-5H,1H3,(H,20,21). The second-order valence-corrected chi connectivity index (χ2v) is 5.05. The molecule has 2 aromatic rings. The number of hydrogen-bond donors (Lipinski definition) is 1. The lowest BCUT2D eigenvalue weighted by molar-refractivity contribution is 0.102. The van der Waals surface area contributed by atoms with Gasteiger partial charge in [-0.15, -0.1) is 0 Å². The van der Waals surface area contributed by atoms with Gasteiger partial charge in [0.1, 0.15) is 0 Å². The highest BCUT2D eigenvalue weighted by Gasteiger charge is 2.17. The average molecular weight is 334 g/mol. The van der Waals surface area contributed by atoms with Crippen LogP contribution in [-0.4, -0.2) is 5.91 Å². The minimum atomic E-state index is -1.64. The van der Waals surface area contributed by atoms with E-state index in [1.54, 1.807) is 13.0 Å². The zero-order valence-corrected chi connectivity index (χ0v) is 12.1. The van der Waals surface area contributed by atoms with Crippen LogP contribution in [0.5, 0.6) is 0 Å². The maximum absolute atomic E-state index is 13.1. The highest BCUT2D eigenvalue weighted by atomic mass is 35.5. The highest BCUT2D eigenvalue weighted by molar-refractivity contribution is 6.40. The molecule has 0 fully saturated rings. The first-order valence-electron chi connectivity index (χ1n) is 5.71. The minimum absolute atomic E-state index is 0.119. The molecule has 2 rings (SSSR count). The Hall–Kier alpha value is -1.72. The highest BCUT2D eigenvalue weighted by Crippen LogP contribution is 2.33. The topological polar surface area (TPSA) is 29.1 Å². The van der Waals surface area contributed by atoms with Gasteiger partial charge < -0.3 is 5.32 Å². The Morgan fingerprint density at radius 2 is 1.67 bits per heavy atom. The molecule has 110 valence electrons. The summed E-state index contributed by atoms with van der Waals surface area (Å²) in [7, 11) is 0. The third kappa shape index (κ3) is 3.14. The van der Waals surface area contributed by atoms with Crippen molar-refractivity contribution in [3.05, 3.63) is 62.9 Å². The molecule has 21 heavy (non-hydrogen) atoms. The number of aryl methyl sites for hydroxylation is 1. The van der Waals surface area contributed by atoms with Gasteiger partial charge in [0.15, 0.2) is 17.5 Å². The predicted molar refractivity (Wildman–Crippen MR) is 75.5 cm³/mol. The summed E-state index contributed by atoms with van der Waals surface area (Å²) in [6.45, 7) is 1.70. The third-order valence-electron chi connectivity index (χ3n) is 2.77. The molecule has 0 saturated carbocycles. The van der Waals surface area contributed by atoms with Crippen LogP contribution < -0.4 is 5.32 Å². The van der Waals surface area contributed by atoms with Crippen LogP contribution in [0.25, 0.3) is 0 Å². The van der Waals surface area contributed by atoms with Crippen LogP contribution in [0.1, 0.15) is 15.9 Å². The molecule has 1 amide bonds. The van der Waals surface area contributed by atoms with Crippen LogP contribution in [0.15, 0.2) is 24.3 Å². The molecule has 0 saturated heterocycles. The van der Waals surface area contributed by atoms with Crippen LogP contribution in [0.3, 0.4) is 0 Å². The zero-order valence-electron chi connectivity index (χ0n) is 10.6. The third-order valence-corrected chi connectivity index (χ3v) is 3.57. The van der Waals surface area contributed by atoms with Gasteiger partial charge in [-0.25, -0.2) is 13.2 Å². The summed E-state index contributed by atoms with van der Waals surface area (Å²) in [5, 5.41) is 2.73. The summed E-state index contributed by atoms with van der Waals surface area (Å²) >= 11 is 11.9. The van der Waals surface area contributed by atoms with Crippen molar-refractivity contribution in [3.63, 3.8) is 0 Å². The summed E-state index contributed by atoms with van der Waals surface area (Å²) in [4.78, 5) is 12.0. The first-order valence-corrected chi connectivity index (χ1v) is 6.47. The van der Waals surface area contributed by atoms with Crippen LogP contribution in [0.4, 0.5) is 18.9 Å².